The second-order valence-corrected chi connectivity index (χ2v) is 11.2. The van der Waals surface area contributed by atoms with Crippen LogP contribution in [0.15, 0.2) is 66.2 Å². The summed E-state index contributed by atoms with van der Waals surface area (Å²) in [6.07, 6.45) is 5.43. The van der Waals surface area contributed by atoms with Gasteiger partial charge in [-0.2, -0.15) is 10.1 Å². The predicted molar refractivity (Wildman–Crippen MR) is 204 cm³/mol. The first-order valence-corrected chi connectivity index (χ1v) is 16.5. The number of carbonyl (C=O) groups is 1. The van der Waals surface area contributed by atoms with Crippen molar-refractivity contribution in [3.05, 3.63) is 102 Å². The van der Waals surface area contributed by atoms with Crippen LogP contribution in [0.1, 0.15) is 86.9 Å². The van der Waals surface area contributed by atoms with Crippen molar-refractivity contribution >= 4 is 23.9 Å². The normalized spacial score (nSPS) is 10.5. The highest BCUT2D eigenvalue weighted by Gasteiger charge is 2.27. The fourth-order valence-corrected chi connectivity index (χ4v) is 3.98. The van der Waals surface area contributed by atoms with Crippen LogP contribution in [0.3, 0.4) is 0 Å². The Hall–Kier alpha value is -4.74. The zero-order valence-electron chi connectivity index (χ0n) is 31.9. The Morgan fingerprint density at radius 3 is 2.10 bits per heavy atom. The van der Waals surface area contributed by atoms with E-state index in [1.165, 1.54) is 41.2 Å². The first kappa shape index (κ1) is 45.3. The van der Waals surface area contributed by atoms with Gasteiger partial charge in [-0.05, 0) is 102 Å². The maximum atomic E-state index is 15.6. The molecule has 0 bridgehead atoms. The van der Waals surface area contributed by atoms with Crippen LogP contribution in [-0.4, -0.2) is 60.5 Å². The largest absolute Gasteiger partial charge is 0.497 e. The van der Waals surface area contributed by atoms with E-state index < -0.39 is 11.6 Å². The molecule has 11 heteroatoms. The highest BCUT2D eigenvalue weighted by molar-refractivity contribution is 6.07. The van der Waals surface area contributed by atoms with Crippen LogP contribution >= 0.6 is 0 Å². The van der Waals surface area contributed by atoms with Crippen molar-refractivity contribution in [1.82, 2.24) is 30.6 Å². The number of nitrogens with one attached hydrogen (secondary N) is 2. The molecule has 4 aromatic rings. The summed E-state index contributed by atoms with van der Waals surface area (Å²) in [5.41, 5.74) is 2.29. The number of rotatable bonds is 10. The lowest BCUT2D eigenvalue weighted by molar-refractivity contribution is 0.0993. The van der Waals surface area contributed by atoms with Crippen molar-refractivity contribution in [3.8, 4) is 17.0 Å². The number of nitrogens with zero attached hydrogens (tertiary/aromatic N) is 4. The Morgan fingerprint density at radius 2 is 1.66 bits per heavy atom. The zero-order chi connectivity index (χ0) is 38.4. The Kier molecular flexibility index (Phi) is 21.4. The van der Waals surface area contributed by atoms with Crippen molar-refractivity contribution in [1.29, 1.82) is 0 Å². The smallest absolute Gasteiger partial charge is 0.232 e. The molecule has 2 N–H and O–H groups in total. The van der Waals surface area contributed by atoms with E-state index in [0.29, 0.717) is 22.7 Å². The molecule has 0 aliphatic carbocycles. The minimum absolute atomic E-state index is 0.00945. The summed E-state index contributed by atoms with van der Waals surface area (Å²) in [5.74, 6) is 0.693. The van der Waals surface area contributed by atoms with Gasteiger partial charge in [0, 0.05) is 17.2 Å². The Morgan fingerprint density at radius 1 is 1.08 bits per heavy atom. The highest BCUT2D eigenvalue weighted by atomic mass is 19.1. The number of methoxy groups -OCH3 is 1. The van der Waals surface area contributed by atoms with Gasteiger partial charge in [-0.15, -0.1) is 6.58 Å². The third kappa shape index (κ3) is 13.6. The first-order chi connectivity index (χ1) is 23.8. The van der Waals surface area contributed by atoms with Gasteiger partial charge in [0.2, 0.25) is 5.89 Å². The Bertz CT molecular complexity index is 1640. The number of halogens is 2. The van der Waals surface area contributed by atoms with Gasteiger partial charge in [0.15, 0.2) is 11.6 Å². The molecule has 2 aromatic heterocycles. The zero-order valence-corrected chi connectivity index (χ0v) is 31.9. The van der Waals surface area contributed by atoms with Crippen LogP contribution in [0.5, 0.6) is 5.75 Å². The van der Waals surface area contributed by atoms with Gasteiger partial charge >= 0.3 is 0 Å². The highest BCUT2D eigenvalue weighted by Crippen LogP contribution is 2.33. The first-order valence-electron chi connectivity index (χ1n) is 16.5. The van der Waals surface area contributed by atoms with E-state index >= 15 is 4.39 Å². The van der Waals surface area contributed by atoms with Gasteiger partial charge in [0.05, 0.1) is 19.2 Å². The minimum Gasteiger partial charge on any atom is -0.497 e. The Balaban J connectivity index is 0.00000104. The molecule has 0 unspecified atom stereocenters. The van der Waals surface area contributed by atoms with Crippen LogP contribution < -0.4 is 15.4 Å². The van der Waals surface area contributed by atoms with Crippen molar-refractivity contribution < 1.29 is 22.8 Å². The molecule has 0 aliphatic heterocycles. The Labute approximate surface area is 297 Å². The van der Waals surface area contributed by atoms with E-state index in [9.17, 15) is 9.18 Å². The van der Waals surface area contributed by atoms with E-state index in [-0.39, 0.29) is 34.7 Å². The number of hydrogen-bond donors (Lipinski definition) is 2. The van der Waals surface area contributed by atoms with E-state index in [1.807, 2.05) is 48.7 Å². The molecule has 2 heterocycles. The van der Waals surface area contributed by atoms with E-state index in [4.69, 9.17) is 9.26 Å². The molecule has 0 fully saturated rings. The topological polar surface area (TPSA) is 107 Å². The van der Waals surface area contributed by atoms with E-state index in [2.05, 4.69) is 59.8 Å². The molecule has 4 rings (SSSR count). The van der Waals surface area contributed by atoms with Crippen LogP contribution in [0.25, 0.3) is 29.4 Å². The number of aryl methyl sites for hydroxylation is 2. The standard InChI is InChI=1S/C24H23F2N3O2.C8H14N2O.C3H6.C2H7N.C2H6/c1-5-29-24(20(26)13-17-8-11-19(31-4)12-15(17)2)22(21(30)14-27-3)23(28-29)16-6-9-18(25)10-7-16;1-5-8(3,4)7-9-6(2)10-11-7;2*1-3-2;1-2/h5-13,27H,1,14H2,2-4H3;5H2,1-4H3;3H,1H2,2H3;3H,1-2H3;1-2H3/b20-13-;;;;. The molecule has 0 radical (unpaired) electrons. The number of ether oxygens (including phenoxy) is 1. The lowest BCUT2D eigenvalue weighted by atomic mass is 9.90. The molecule has 9 nitrogen and oxygen atoms in total. The molecule has 50 heavy (non-hydrogen) atoms. The predicted octanol–water partition coefficient (Wildman–Crippen LogP) is 9.10. The van der Waals surface area contributed by atoms with Crippen molar-refractivity contribution in [3.63, 3.8) is 0 Å². The second-order valence-electron chi connectivity index (χ2n) is 11.2. The number of aromatic nitrogens is 4. The second kappa shape index (κ2) is 23.6. The summed E-state index contributed by atoms with van der Waals surface area (Å²) < 4.78 is 40.5. The van der Waals surface area contributed by atoms with Gasteiger partial charge < -0.3 is 19.9 Å². The summed E-state index contributed by atoms with van der Waals surface area (Å²) in [6.45, 7) is 22.9. The van der Waals surface area contributed by atoms with Crippen molar-refractivity contribution in [2.24, 2.45) is 0 Å². The molecule has 0 spiro atoms. The van der Waals surface area contributed by atoms with Crippen molar-refractivity contribution in [2.75, 3.05) is 34.8 Å². The van der Waals surface area contributed by atoms with Crippen LogP contribution in [-0.2, 0) is 5.41 Å². The molecule has 0 amide bonds. The molecule has 0 saturated heterocycles. The average molecular weight is 695 g/mol. The van der Waals surface area contributed by atoms with Gasteiger partial charge in [0.1, 0.15) is 28.8 Å². The van der Waals surface area contributed by atoms with Crippen molar-refractivity contribution in [2.45, 2.75) is 67.2 Å². The summed E-state index contributed by atoms with van der Waals surface area (Å²) in [7, 11) is 6.93. The van der Waals surface area contributed by atoms with Crippen LogP contribution in [0.2, 0.25) is 0 Å². The van der Waals surface area contributed by atoms with E-state index in [1.54, 1.807) is 38.4 Å². The molecule has 0 atom stereocenters. The number of carbonyl (C=O) groups excluding carboxylic acids is 1. The number of likely N-dealkylation sites (N-methyl/N-ethyl adjacent to an activating group) is 1. The molecule has 0 saturated carbocycles. The fraction of sp³-hybridized carbons (Fsp3) is 0.385. The quantitative estimate of drug-likeness (QED) is 0.125. The SMILES string of the molecule is C=CC.C=Cn1nc(-c2ccc(F)cc2)c(C(=O)CNC)c1/C(F)=C/c1ccc(OC)cc1C.CC.CCC(C)(C)c1nc(C)no1.CNC. The maximum absolute atomic E-state index is 15.6. The molecule has 2 aromatic carbocycles. The van der Waals surface area contributed by atoms with Gasteiger partial charge in [0.25, 0.3) is 0 Å². The number of ketones is 1. The summed E-state index contributed by atoms with van der Waals surface area (Å²) in [5, 5.41) is 13.7. The summed E-state index contributed by atoms with van der Waals surface area (Å²) in [4.78, 5) is 17.1. The third-order valence-corrected chi connectivity index (χ3v) is 6.79. The molecule has 0 aliphatic rings. The monoisotopic (exact) mass is 694 g/mol. The van der Waals surface area contributed by atoms with Gasteiger partial charge in [-0.1, -0.05) is 58.5 Å². The summed E-state index contributed by atoms with van der Waals surface area (Å²) >= 11 is 0. The van der Waals surface area contributed by atoms with Crippen LogP contribution in [0.4, 0.5) is 8.78 Å². The van der Waals surface area contributed by atoms with E-state index in [0.717, 1.165) is 17.9 Å². The maximum Gasteiger partial charge on any atom is 0.232 e. The summed E-state index contributed by atoms with van der Waals surface area (Å²) in [6, 6.07) is 10.8. The minimum atomic E-state index is -0.645. The number of benzene rings is 2. The lowest BCUT2D eigenvalue weighted by Gasteiger charge is -2.15. The average Bonchev–Trinajstić information content (AvgIpc) is 3.72. The number of allylic oxidation sites excluding steroid dienone is 1. The number of hydrogen-bond acceptors (Lipinski definition) is 8. The third-order valence-electron chi connectivity index (χ3n) is 6.79. The number of Topliss-reactive ketones (excluding diaryl/α,β-unsaturated/α-hetero) is 1. The fourth-order valence-electron chi connectivity index (χ4n) is 3.98. The lowest BCUT2D eigenvalue weighted by Crippen LogP contribution is -2.20. The molecule has 274 valence electrons. The molecular formula is C39H56F2N6O3. The molecular weight excluding hydrogens is 638 g/mol. The van der Waals surface area contributed by atoms with Crippen LogP contribution in [0, 0.1) is 19.7 Å². The van der Waals surface area contributed by atoms with Gasteiger partial charge in [-0.25, -0.2) is 13.5 Å². The van der Waals surface area contributed by atoms with Gasteiger partial charge in [-0.3, -0.25) is 4.79 Å².